The van der Waals surface area contributed by atoms with E-state index >= 15 is 0 Å². The Morgan fingerprint density at radius 1 is 1.08 bits per heavy atom. The molecule has 25 heavy (non-hydrogen) atoms. The van der Waals surface area contributed by atoms with E-state index in [2.05, 4.69) is 5.10 Å². The van der Waals surface area contributed by atoms with E-state index in [1.807, 2.05) is 0 Å². The average Bonchev–Trinajstić information content (AvgIpc) is 2.99. The molecule has 1 heterocycles. The maximum Gasteiger partial charge on any atom is 0.299 e. The van der Waals surface area contributed by atoms with Crippen molar-refractivity contribution in [1.29, 1.82) is 0 Å². The maximum absolute atomic E-state index is 13.1. The molecular weight excluding hydrogens is 349 g/mol. The summed E-state index contributed by atoms with van der Waals surface area (Å²) in [5, 5.41) is 9.23. The molecule has 128 valence electrons. The number of aromatic nitrogens is 2. The van der Waals surface area contributed by atoms with E-state index in [9.17, 15) is 17.6 Å². The Balaban J connectivity index is 2.11. The van der Waals surface area contributed by atoms with E-state index in [0.717, 1.165) is 0 Å². The summed E-state index contributed by atoms with van der Waals surface area (Å²) in [6.45, 7) is 0.241. The molecule has 2 aromatic carbocycles. The summed E-state index contributed by atoms with van der Waals surface area (Å²) in [5.41, 5.74) is 1.66. The van der Waals surface area contributed by atoms with Crippen LogP contribution in [0.2, 0.25) is 0 Å². The number of halogens is 1. The molecule has 0 unspecified atom stereocenters. The molecule has 0 aliphatic heterocycles. The van der Waals surface area contributed by atoms with Gasteiger partial charge in [-0.25, -0.2) is 22.6 Å². The van der Waals surface area contributed by atoms with Crippen LogP contribution in [-0.4, -0.2) is 24.7 Å². The third-order valence-corrected chi connectivity index (χ3v) is 4.33. The van der Waals surface area contributed by atoms with Crippen molar-refractivity contribution in [2.24, 2.45) is 5.14 Å². The first-order chi connectivity index (χ1) is 11.9. The molecule has 0 aliphatic carbocycles. The first-order valence-corrected chi connectivity index (χ1v) is 8.52. The summed E-state index contributed by atoms with van der Waals surface area (Å²) in [7, 11) is -3.81. The van der Waals surface area contributed by atoms with Gasteiger partial charge in [0.05, 0.1) is 16.3 Å². The van der Waals surface area contributed by atoms with Gasteiger partial charge in [-0.3, -0.25) is 4.79 Å². The van der Waals surface area contributed by atoms with Crippen molar-refractivity contribution in [3.05, 3.63) is 60.4 Å². The van der Waals surface area contributed by atoms with E-state index in [1.165, 1.54) is 47.1 Å². The van der Waals surface area contributed by atoms with Crippen LogP contribution < -0.4 is 9.88 Å². The highest BCUT2D eigenvalue weighted by atomic mass is 32.2. The van der Waals surface area contributed by atoms with Gasteiger partial charge in [-0.2, -0.15) is 0 Å². The monoisotopic (exact) mass is 361 g/mol. The highest BCUT2D eigenvalue weighted by Gasteiger charge is 2.14. The van der Waals surface area contributed by atoms with Crippen molar-refractivity contribution >= 4 is 16.5 Å². The Bertz CT molecular complexity index is 1010. The van der Waals surface area contributed by atoms with Gasteiger partial charge in [0.25, 0.3) is 6.47 Å². The lowest BCUT2D eigenvalue weighted by molar-refractivity contribution is -0.120. The van der Waals surface area contributed by atoms with E-state index < -0.39 is 15.8 Å². The number of carbonyl (C=O) groups is 1. The lowest BCUT2D eigenvalue weighted by atomic mass is 10.1. The molecule has 9 heteroatoms. The minimum Gasteiger partial charge on any atom is -0.408 e. The van der Waals surface area contributed by atoms with Crippen LogP contribution in [0, 0.1) is 5.82 Å². The molecule has 0 saturated carbocycles. The molecule has 0 amide bonds. The zero-order valence-electron chi connectivity index (χ0n) is 12.7. The fraction of sp³-hybridized carbons (Fsp3) is 0. The Morgan fingerprint density at radius 2 is 1.72 bits per heavy atom. The van der Waals surface area contributed by atoms with Crippen LogP contribution in [0.15, 0.2) is 59.5 Å². The third-order valence-electron chi connectivity index (χ3n) is 3.41. The average molecular weight is 361 g/mol. The zero-order valence-corrected chi connectivity index (χ0v) is 13.5. The van der Waals surface area contributed by atoms with E-state index in [1.54, 1.807) is 12.1 Å². The molecule has 0 bridgehead atoms. The number of benzene rings is 2. The highest BCUT2D eigenvalue weighted by Crippen LogP contribution is 2.27. The molecule has 3 rings (SSSR count). The smallest absolute Gasteiger partial charge is 0.299 e. The van der Waals surface area contributed by atoms with Crippen LogP contribution in [0.4, 0.5) is 4.39 Å². The summed E-state index contributed by atoms with van der Waals surface area (Å²) in [4.78, 5) is 10.5. The summed E-state index contributed by atoms with van der Waals surface area (Å²) in [5.74, 6) is -0.346. The van der Waals surface area contributed by atoms with Crippen LogP contribution >= 0.6 is 0 Å². The molecule has 0 atom stereocenters. The van der Waals surface area contributed by atoms with Crippen LogP contribution in [0.25, 0.3) is 16.9 Å². The number of nitrogens with zero attached hydrogens (tertiary/aromatic N) is 2. The number of ether oxygens (including phenoxy) is 1. The van der Waals surface area contributed by atoms with Gasteiger partial charge in [-0.05, 0) is 48.5 Å². The Morgan fingerprint density at radius 3 is 2.28 bits per heavy atom. The van der Waals surface area contributed by atoms with Gasteiger partial charge < -0.3 is 4.74 Å². The SMILES string of the molecule is NS(=O)(=O)c1ccc(-n2nc(OC=O)cc2-c2ccc(F)cc2)cc1. The van der Waals surface area contributed by atoms with Crippen molar-refractivity contribution in [3.8, 4) is 22.8 Å². The highest BCUT2D eigenvalue weighted by molar-refractivity contribution is 7.89. The van der Waals surface area contributed by atoms with Crippen molar-refractivity contribution in [2.45, 2.75) is 4.90 Å². The summed E-state index contributed by atoms with van der Waals surface area (Å²) >= 11 is 0. The second-order valence-electron chi connectivity index (χ2n) is 5.04. The van der Waals surface area contributed by atoms with Crippen LogP contribution in [0.5, 0.6) is 5.88 Å². The predicted molar refractivity (Wildman–Crippen MR) is 87.0 cm³/mol. The number of hydrogen-bond acceptors (Lipinski definition) is 5. The van der Waals surface area contributed by atoms with Gasteiger partial charge in [0, 0.05) is 11.6 Å². The summed E-state index contributed by atoms with van der Waals surface area (Å²) < 4.78 is 42.1. The van der Waals surface area contributed by atoms with Gasteiger partial charge in [-0.15, -0.1) is 5.10 Å². The minimum absolute atomic E-state index is 0.0453. The lowest BCUT2D eigenvalue weighted by Gasteiger charge is -2.08. The molecule has 0 saturated heterocycles. The van der Waals surface area contributed by atoms with Crippen LogP contribution in [0.3, 0.4) is 0 Å². The molecule has 2 N–H and O–H groups in total. The zero-order chi connectivity index (χ0) is 18.0. The number of nitrogens with two attached hydrogens (primary N) is 1. The molecule has 1 aromatic heterocycles. The number of rotatable bonds is 5. The second-order valence-corrected chi connectivity index (χ2v) is 6.60. The summed E-state index contributed by atoms with van der Waals surface area (Å²) in [6.07, 6.45) is 0. The van der Waals surface area contributed by atoms with Crippen LogP contribution in [0.1, 0.15) is 0 Å². The Hall–Kier alpha value is -3.04. The van der Waals surface area contributed by atoms with E-state index in [-0.39, 0.29) is 17.2 Å². The van der Waals surface area contributed by atoms with Gasteiger partial charge in [0.1, 0.15) is 5.82 Å². The molecule has 0 aliphatic rings. The molecule has 0 fully saturated rings. The molecule has 0 spiro atoms. The summed E-state index contributed by atoms with van der Waals surface area (Å²) in [6, 6.07) is 12.9. The molecule has 7 nitrogen and oxygen atoms in total. The molecule has 3 aromatic rings. The number of primary sulfonamides is 1. The predicted octanol–water partition coefficient (Wildman–Crippen LogP) is 1.86. The van der Waals surface area contributed by atoms with Gasteiger partial charge in [0.15, 0.2) is 0 Å². The number of carbonyl (C=O) groups excluding carboxylic acids is 1. The first kappa shape index (κ1) is 16.8. The Kier molecular flexibility index (Phi) is 4.34. The molecule has 0 radical (unpaired) electrons. The minimum atomic E-state index is -3.81. The normalized spacial score (nSPS) is 11.3. The van der Waals surface area contributed by atoms with Gasteiger partial charge in [0.2, 0.25) is 15.9 Å². The molecular formula is C16H12FN3O4S. The fourth-order valence-electron chi connectivity index (χ4n) is 2.27. The first-order valence-electron chi connectivity index (χ1n) is 6.98. The van der Waals surface area contributed by atoms with Crippen molar-refractivity contribution in [3.63, 3.8) is 0 Å². The van der Waals surface area contributed by atoms with Gasteiger partial charge in [-0.1, -0.05) is 0 Å². The van der Waals surface area contributed by atoms with Crippen molar-refractivity contribution < 1.29 is 22.3 Å². The topological polar surface area (TPSA) is 104 Å². The fourth-order valence-corrected chi connectivity index (χ4v) is 2.78. The van der Waals surface area contributed by atoms with Crippen LogP contribution in [-0.2, 0) is 14.8 Å². The van der Waals surface area contributed by atoms with Crippen molar-refractivity contribution in [1.82, 2.24) is 9.78 Å². The standard InChI is InChI=1S/C16H12FN3O4S/c17-12-3-1-11(2-4-12)15-9-16(24-10-21)19-20(15)13-5-7-14(8-6-13)25(18,22)23/h1-10H,(H2,18,22,23). The maximum atomic E-state index is 13.1. The van der Waals surface area contributed by atoms with E-state index in [0.29, 0.717) is 16.9 Å². The second kappa shape index (κ2) is 6.46. The van der Waals surface area contributed by atoms with Gasteiger partial charge >= 0.3 is 0 Å². The van der Waals surface area contributed by atoms with E-state index in [4.69, 9.17) is 9.88 Å². The third kappa shape index (κ3) is 3.57. The largest absolute Gasteiger partial charge is 0.408 e. The lowest BCUT2D eigenvalue weighted by Crippen LogP contribution is -2.12. The van der Waals surface area contributed by atoms with Crippen molar-refractivity contribution in [2.75, 3.05) is 0 Å². The number of hydrogen-bond donors (Lipinski definition) is 1. The quantitative estimate of drug-likeness (QED) is 0.699. The number of sulfonamides is 1. The Labute approximate surface area is 142 Å².